The van der Waals surface area contributed by atoms with Crippen molar-refractivity contribution in [1.29, 1.82) is 0 Å². The van der Waals surface area contributed by atoms with Crippen molar-refractivity contribution in [2.45, 2.75) is 96.8 Å². The SMILES string of the molecule is CCCCCCCCCCCCC(=O)C1(CN)CCC1. The molecule has 20 heavy (non-hydrogen) atoms. The van der Waals surface area contributed by atoms with E-state index in [9.17, 15) is 4.79 Å². The molecule has 0 saturated heterocycles. The highest BCUT2D eigenvalue weighted by atomic mass is 16.1. The van der Waals surface area contributed by atoms with Crippen LogP contribution in [0.2, 0.25) is 0 Å². The first-order chi connectivity index (χ1) is 9.75. The minimum Gasteiger partial charge on any atom is -0.329 e. The Hall–Kier alpha value is -0.370. The molecule has 2 N–H and O–H groups in total. The lowest BCUT2D eigenvalue weighted by atomic mass is 9.65. The summed E-state index contributed by atoms with van der Waals surface area (Å²) in [6.45, 7) is 2.84. The molecule has 0 atom stereocenters. The molecule has 1 aliphatic rings. The van der Waals surface area contributed by atoms with E-state index >= 15 is 0 Å². The molecule has 118 valence electrons. The molecule has 0 aromatic carbocycles. The van der Waals surface area contributed by atoms with E-state index in [0.29, 0.717) is 12.3 Å². The minimum absolute atomic E-state index is 0.0979. The molecule has 1 aliphatic carbocycles. The van der Waals surface area contributed by atoms with Crippen molar-refractivity contribution in [3.05, 3.63) is 0 Å². The molecule has 0 aromatic rings. The molecule has 0 aromatic heterocycles. The Kier molecular flexibility index (Phi) is 9.17. The summed E-state index contributed by atoms with van der Waals surface area (Å²) in [6.07, 6.45) is 17.3. The average molecular weight is 281 g/mol. The predicted octanol–water partition coefficient (Wildman–Crippen LogP) is 5.00. The minimum atomic E-state index is -0.0979. The lowest BCUT2D eigenvalue weighted by molar-refractivity contribution is -0.132. The first-order valence-corrected chi connectivity index (χ1v) is 8.98. The third kappa shape index (κ3) is 5.95. The van der Waals surface area contributed by atoms with Crippen LogP contribution in [0.5, 0.6) is 0 Å². The topological polar surface area (TPSA) is 43.1 Å². The summed E-state index contributed by atoms with van der Waals surface area (Å²) < 4.78 is 0. The van der Waals surface area contributed by atoms with E-state index in [-0.39, 0.29) is 5.41 Å². The Morgan fingerprint density at radius 3 is 1.80 bits per heavy atom. The molecule has 0 heterocycles. The van der Waals surface area contributed by atoms with Crippen molar-refractivity contribution in [1.82, 2.24) is 0 Å². The fraction of sp³-hybridized carbons (Fsp3) is 0.944. The third-order valence-electron chi connectivity index (χ3n) is 5.05. The van der Waals surface area contributed by atoms with Crippen LogP contribution in [0.25, 0.3) is 0 Å². The van der Waals surface area contributed by atoms with E-state index in [4.69, 9.17) is 5.73 Å². The Morgan fingerprint density at radius 1 is 0.900 bits per heavy atom. The molecule has 2 nitrogen and oxygen atoms in total. The highest BCUT2D eigenvalue weighted by Gasteiger charge is 2.41. The Balaban J connectivity index is 1.88. The van der Waals surface area contributed by atoms with Crippen molar-refractivity contribution in [2.24, 2.45) is 11.1 Å². The third-order valence-corrected chi connectivity index (χ3v) is 5.05. The van der Waals surface area contributed by atoms with Gasteiger partial charge in [0.1, 0.15) is 5.78 Å². The van der Waals surface area contributed by atoms with Gasteiger partial charge in [0.2, 0.25) is 0 Å². The van der Waals surface area contributed by atoms with Crippen LogP contribution < -0.4 is 5.73 Å². The van der Waals surface area contributed by atoms with E-state index < -0.39 is 0 Å². The van der Waals surface area contributed by atoms with Gasteiger partial charge in [-0.1, -0.05) is 71.1 Å². The molecule has 1 fully saturated rings. The number of nitrogens with two attached hydrogens (primary N) is 1. The maximum Gasteiger partial charge on any atom is 0.140 e. The molecular weight excluding hydrogens is 246 g/mol. The van der Waals surface area contributed by atoms with Crippen LogP contribution in [0, 0.1) is 5.41 Å². The van der Waals surface area contributed by atoms with Gasteiger partial charge in [-0.2, -0.15) is 0 Å². The molecule has 0 unspecified atom stereocenters. The summed E-state index contributed by atoms with van der Waals surface area (Å²) in [4.78, 5) is 12.1. The molecule has 0 amide bonds. The highest BCUT2D eigenvalue weighted by molar-refractivity contribution is 5.85. The maximum atomic E-state index is 12.1. The molecule has 0 aliphatic heterocycles. The van der Waals surface area contributed by atoms with Crippen LogP contribution >= 0.6 is 0 Å². The zero-order valence-electron chi connectivity index (χ0n) is 13.6. The van der Waals surface area contributed by atoms with E-state index in [1.54, 1.807) is 0 Å². The zero-order chi connectivity index (χ0) is 14.7. The van der Waals surface area contributed by atoms with Gasteiger partial charge < -0.3 is 5.73 Å². The van der Waals surface area contributed by atoms with Crippen LogP contribution in [-0.2, 0) is 4.79 Å². The second-order valence-corrected chi connectivity index (χ2v) is 6.69. The summed E-state index contributed by atoms with van der Waals surface area (Å²) in [5.74, 6) is 0.450. The molecule has 1 rings (SSSR count). The number of hydrogen-bond acceptors (Lipinski definition) is 2. The lowest BCUT2D eigenvalue weighted by Crippen LogP contribution is -2.44. The van der Waals surface area contributed by atoms with Crippen molar-refractivity contribution < 1.29 is 4.79 Å². The molecular formula is C18H35NO. The molecule has 2 heteroatoms. The Labute approximate surface area is 125 Å². The van der Waals surface area contributed by atoms with Crippen molar-refractivity contribution in [3.8, 4) is 0 Å². The summed E-state index contributed by atoms with van der Waals surface area (Å²) in [5.41, 5.74) is 5.67. The number of ketones is 1. The van der Waals surface area contributed by atoms with Gasteiger partial charge in [-0.25, -0.2) is 0 Å². The summed E-state index contributed by atoms with van der Waals surface area (Å²) in [5, 5.41) is 0. The standard InChI is InChI=1S/C18H35NO/c1-2-3-4-5-6-7-8-9-10-11-13-17(20)18(16-19)14-12-15-18/h2-16,19H2,1H3. The lowest BCUT2D eigenvalue weighted by Gasteiger charge is -2.39. The summed E-state index contributed by atoms with van der Waals surface area (Å²) in [6, 6.07) is 0. The first-order valence-electron chi connectivity index (χ1n) is 8.98. The zero-order valence-corrected chi connectivity index (χ0v) is 13.6. The quantitative estimate of drug-likeness (QED) is 0.483. The Bertz CT molecular complexity index is 253. The molecule has 0 spiro atoms. The highest BCUT2D eigenvalue weighted by Crippen LogP contribution is 2.41. The monoisotopic (exact) mass is 281 g/mol. The van der Waals surface area contributed by atoms with Crippen LogP contribution in [0.3, 0.4) is 0 Å². The fourth-order valence-electron chi connectivity index (χ4n) is 3.24. The van der Waals surface area contributed by atoms with E-state index in [1.807, 2.05) is 0 Å². The Morgan fingerprint density at radius 2 is 1.40 bits per heavy atom. The van der Waals surface area contributed by atoms with Gasteiger partial charge in [0.15, 0.2) is 0 Å². The van der Waals surface area contributed by atoms with E-state index in [2.05, 4.69) is 6.92 Å². The molecule has 1 saturated carbocycles. The number of carbonyl (C=O) groups excluding carboxylic acids is 1. The normalized spacial score (nSPS) is 16.9. The van der Waals surface area contributed by atoms with Crippen molar-refractivity contribution in [2.75, 3.05) is 6.54 Å². The van der Waals surface area contributed by atoms with Gasteiger partial charge in [0.25, 0.3) is 0 Å². The molecule has 0 bridgehead atoms. The van der Waals surface area contributed by atoms with Crippen LogP contribution in [0.15, 0.2) is 0 Å². The summed E-state index contributed by atoms with van der Waals surface area (Å²) >= 11 is 0. The van der Waals surface area contributed by atoms with Crippen LogP contribution in [-0.4, -0.2) is 12.3 Å². The van der Waals surface area contributed by atoms with Crippen molar-refractivity contribution in [3.63, 3.8) is 0 Å². The second kappa shape index (κ2) is 10.4. The first kappa shape index (κ1) is 17.7. The van der Waals surface area contributed by atoms with Crippen LogP contribution in [0.1, 0.15) is 96.8 Å². The van der Waals surface area contributed by atoms with Gasteiger partial charge in [-0.05, 0) is 19.3 Å². The van der Waals surface area contributed by atoms with E-state index in [0.717, 1.165) is 25.7 Å². The predicted molar refractivity (Wildman–Crippen MR) is 86.8 cm³/mol. The number of unbranched alkanes of at least 4 members (excludes halogenated alkanes) is 9. The van der Waals surface area contributed by atoms with Gasteiger partial charge in [-0.15, -0.1) is 0 Å². The fourth-order valence-corrected chi connectivity index (χ4v) is 3.24. The van der Waals surface area contributed by atoms with E-state index in [1.165, 1.54) is 64.2 Å². The largest absolute Gasteiger partial charge is 0.329 e. The summed E-state index contributed by atoms with van der Waals surface area (Å²) in [7, 11) is 0. The number of Topliss-reactive ketones (excluding diaryl/α,β-unsaturated/α-hetero) is 1. The maximum absolute atomic E-state index is 12.1. The smallest absolute Gasteiger partial charge is 0.140 e. The number of rotatable bonds is 13. The number of carbonyl (C=O) groups is 1. The van der Waals surface area contributed by atoms with Crippen molar-refractivity contribution >= 4 is 5.78 Å². The second-order valence-electron chi connectivity index (χ2n) is 6.69. The van der Waals surface area contributed by atoms with Gasteiger partial charge >= 0.3 is 0 Å². The van der Waals surface area contributed by atoms with Gasteiger partial charge in [-0.3, -0.25) is 4.79 Å². The van der Waals surface area contributed by atoms with Crippen LogP contribution in [0.4, 0.5) is 0 Å². The van der Waals surface area contributed by atoms with Gasteiger partial charge in [0.05, 0.1) is 0 Å². The van der Waals surface area contributed by atoms with Gasteiger partial charge in [0, 0.05) is 18.4 Å². The molecule has 0 radical (unpaired) electrons. The average Bonchev–Trinajstić information content (AvgIpc) is 2.40. The number of hydrogen-bond donors (Lipinski definition) is 1.